The van der Waals surface area contributed by atoms with E-state index in [9.17, 15) is 18.0 Å². The van der Waals surface area contributed by atoms with Crippen LogP contribution in [-0.4, -0.2) is 38.1 Å². The Morgan fingerprint density at radius 2 is 1.91 bits per heavy atom. The first-order chi connectivity index (χ1) is 10.5. The Morgan fingerprint density at radius 3 is 2.43 bits per heavy atom. The van der Waals surface area contributed by atoms with Crippen molar-refractivity contribution in [2.45, 2.75) is 37.1 Å². The minimum absolute atomic E-state index is 0.00344. The van der Waals surface area contributed by atoms with Gasteiger partial charge in [0.2, 0.25) is 10.0 Å². The molecule has 0 aliphatic carbocycles. The molecule has 1 aromatic carbocycles. The molecule has 1 rings (SSSR count). The standard InChI is InChI=1S/C14H18ClNO6S/c1-14(2,5-4-12(17)18)16-23(20,21)11-7-9(13(19)22-3)6-10(15)8-11/h6-8,16H,4-5H2,1-3H3,(H,17,18). The Morgan fingerprint density at radius 1 is 1.30 bits per heavy atom. The summed E-state index contributed by atoms with van der Waals surface area (Å²) in [6, 6.07) is 3.64. The summed E-state index contributed by atoms with van der Waals surface area (Å²) in [4.78, 5) is 22.0. The average molecular weight is 364 g/mol. The topological polar surface area (TPSA) is 110 Å². The smallest absolute Gasteiger partial charge is 0.337 e. The normalized spacial score (nSPS) is 12.0. The lowest BCUT2D eigenvalue weighted by Crippen LogP contribution is -2.43. The van der Waals surface area contributed by atoms with E-state index in [-0.39, 0.29) is 28.3 Å². The van der Waals surface area contributed by atoms with Gasteiger partial charge in [-0.2, -0.15) is 0 Å². The minimum atomic E-state index is -3.99. The SMILES string of the molecule is COC(=O)c1cc(Cl)cc(S(=O)(=O)NC(C)(C)CCC(=O)O)c1. The molecule has 0 amide bonds. The van der Waals surface area contributed by atoms with E-state index in [0.29, 0.717) is 0 Å². The highest BCUT2D eigenvalue weighted by molar-refractivity contribution is 7.89. The van der Waals surface area contributed by atoms with Crippen molar-refractivity contribution < 1.29 is 27.9 Å². The van der Waals surface area contributed by atoms with E-state index in [1.165, 1.54) is 19.2 Å². The highest BCUT2D eigenvalue weighted by Gasteiger charge is 2.27. The number of hydrogen-bond acceptors (Lipinski definition) is 5. The van der Waals surface area contributed by atoms with E-state index >= 15 is 0 Å². The second-order valence-electron chi connectivity index (χ2n) is 5.55. The van der Waals surface area contributed by atoms with Crippen LogP contribution in [-0.2, 0) is 19.6 Å². The van der Waals surface area contributed by atoms with Gasteiger partial charge in [0.25, 0.3) is 0 Å². The number of carboxylic acid groups (broad SMARTS) is 1. The first-order valence-corrected chi connectivity index (χ1v) is 8.48. The van der Waals surface area contributed by atoms with Crippen LogP contribution in [0.25, 0.3) is 0 Å². The molecule has 0 aliphatic heterocycles. The van der Waals surface area contributed by atoms with Gasteiger partial charge in [-0.15, -0.1) is 0 Å². The van der Waals surface area contributed by atoms with Crippen LogP contribution in [0.5, 0.6) is 0 Å². The molecule has 128 valence electrons. The number of rotatable bonds is 7. The zero-order valence-electron chi connectivity index (χ0n) is 12.9. The molecule has 0 unspecified atom stereocenters. The van der Waals surface area contributed by atoms with Gasteiger partial charge in [-0.05, 0) is 38.5 Å². The van der Waals surface area contributed by atoms with Crippen molar-refractivity contribution in [3.63, 3.8) is 0 Å². The van der Waals surface area contributed by atoms with Crippen LogP contribution in [0, 0.1) is 0 Å². The van der Waals surface area contributed by atoms with E-state index in [4.69, 9.17) is 16.7 Å². The van der Waals surface area contributed by atoms with Crippen molar-refractivity contribution >= 4 is 33.6 Å². The molecule has 0 aliphatic rings. The van der Waals surface area contributed by atoms with Crippen LogP contribution in [0.15, 0.2) is 23.1 Å². The summed E-state index contributed by atoms with van der Waals surface area (Å²) in [6.45, 7) is 3.14. The molecule has 0 saturated heterocycles. The number of halogens is 1. The summed E-state index contributed by atoms with van der Waals surface area (Å²) in [5, 5.41) is 8.77. The number of carbonyl (C=O) groups excluding carboxylic acids is 1. The third-order valence-corrected chi connectivity index (χ3v) is 4.87. The van der Waals surface area contributed by atoms with E-state index in [0.717, 1.165) is 6.07 Å². The summed E-state index contributed by atoms with van der Waals surface area (Å²) in [7, 11) is -2.82. The number of aliphatic carboxylic acids is 1. The molecule has 0 saturated carbocycles. The van der Waals surface area contributed by atoms with Crippen LogP contribution in [0.2, 0.25) is 5.02 Å². The summed E-state index contributed by atoms with van der Waals surface area (Å²) in [5.41, 5.74) is -0.978. The molecule has 23 heavy (non-hydrogen) atoms. The van der Waals surface area contributed by atoms with Gasteiger partial charge >= 0.3 is 11.9 Å². The molecular formula is C14H18ClNO6S. The number of carboxylic acids is 1. The molecule has 0 spiro atoms. The summed E-state index contributed by atoms with van der Waals surface area (Å²) >= 11 is 5.85. The molecule has 7 nitrogen and oxygen atoms in total. The van der Waals surface area contributed by atoms with Gasteiger partial charge in [0.1, 0.15) is 0 Å². The molecule has 0 bridgehead atoms. The maximum atomic E-state index is 12.4. The van der Waals surface area contributed by atoms with E-state index in [1.54, 1.807) is 13.8 Å². The fraction of sp³-hybridized carbons (Fsp3) is 0.429. The first kappa shape index (κ1) is 19.4. The lowest BCUT2D eigenvalue weighted by molar-refractivity contribution is -0.137. The van der Waals surface area contributed by atoms with Gasteiger partial charge in [0.15, 0.2) is 0 Å². The predicted molar refractivity (Wildman–Crippen MR) is 84.1 cm³/mol. The fourth-order valence-electron chi connectivity index (χ4n) is 1.85. The molecule has 9 heteroatoms. The molecule has 0 atom stereocenters. The Bertz CT molecular complexity index is 714. The maximum absolute atomic E-state index is 12.4. The zero-order valence-corrected chi connectivity index (χ0v) is 14.5. The number of hydrogen-bond donors (Lipinski definition) is 2. The lowest BCUT2D eigenvalue weighted by atomic mass is 10.0. The highest BCUT2D eigenvalue weighted by Crippen LogP contribution is 2.22. The Balaban J connectivity index is 3.11. The Labute approximate surface area is 139 Å². The van der Waals surface area contributed by atoms with Crippen molar-refractivity contribution in [3.05, 3.63) is 28.8 Å². The van der Waals surface area contributed by atoms with Crippen LogP contribution in [0.3, 0.4) is 0 Å². The molecule has 0 radical (unpaired) electrons. The van der Waals surface area contributed by atoms with Crippen molar-refractivity contribution in [1.82, 2.24) is 4.72 Å². The highest BCUT2D eigenvalue weighted by atomic mass is 35.5. The maximum Gasteiger partial charge on any atom is 0.337 e. The molecule has 0 fully saturated rings. The zero-order chi connectivity index (χ0) is 17.8. The average Bonchev–Trinajstić information content (AvgIpc) is 2.42. The summed E-state index contributed by atoms with van der Waals surface area (Å²) in [6.07, 6.45) is -0.0789. The first-order valence-electron chi connectivity index (χ1n) is 6.61. The number of ether oxygens (including phenoxy) is 1. The van der Waals surface area contributed by atoms with Gasteiger partial charge in [-0.1, -0.05) is 11.6 Å². The van der Waals surface area contributed by atoms with Gasteiger partial charge in [-0.25, -0.2) is 17.9 Å². The van der Waals surface area contributed by atoms with Gasteiger partial charge in [0.05, 0.1) is 17.6 Å². The van der Waals surface area contributed by atoms with E-state index in [1.807, 2.05) is 0 Å². The molecule has 0 heterocycles. The van der Waals surface area contributed by atoms with E-state index < -0.39 is 27.5 Å². The summed E-state index contributed by atoms with van der Waals surface area (Å²) in [5.74, 6) is -1.73. The molecular weight excluding hydrogens is 346 g/mol. The number of sulfonamides is 1. The van der Waals surface area contributed by atoms with Crippen molar-refractivity contribution in [2.24, 2.45) is 0 Å². The number of methoxy groups -OCH3 is 1. The van der Waals surface area contributed by atoms with Gasteiger partial charge in [-0.3, -0.25) is 4.79 Å². The number of esters is 1. The second kappa shape index (κ2) is 7.29. The van der Waals surface area contributed by atoms with Crippen molar-refractivity contribution in [3.8, 4) is 0 Å². The molecule has 1 aromatic rings. The predicted octanol–water partition coefficient (Wildman–Crippen LogP) is 2.05. The second-order valence-corrected chi connectivity index (χ2v) is 7.67. The number of benzene rings is 1. The quantitative estimate of drug-likeness (QED) is 0.717. The lowest BCUT2D eigenvalue weighted by Gasteiger charge is -2.25. The van der Waals surface area contributed by atoms with E-state index in [2.05, 4.69) is 9.46 Å². The van der Waals surface area contributed by atoms with Crippen molar-refractivity contribution in [1.29, 1.82) is 0 Å². The molecule has 2 N–H and O–H groups in total. The van der Waals surface area contributed by atoms with Gasteiger partial charge < -0.3 is 9.84 Å². The Hall–Kier alpha value is -1.64. The largest absolute Gasteiger partial charge is 0.481 e. The van der Waals surface area contributed by atoms with Gasteiger partial charge in [0, 0.05) is 17.0 Å². The number of nitrogens with one attached hydrogen (secondary N) is 1. The Kier molecular flexibility index (Phi) is 6.15. The monoisotopic (exact) mass is 363 g/mol. The van der Waals surface area contributed by atoms with Crippen LogP contribution < -0.4 is 4.72 Å². The van der Waals surface area contributed by atoms with Crippen LogP contribution in [0.4, 0.5) is 0 Å². The third kappa shape index (κ3) is 5.81. The number of carbonyl (C=O) groups is 2. The molecule has 0 aromatic heterocycles. The summed E-state index contributed by atoms with van der Waals surface area (Å²) < 4.78 is 31.8. The fourth-order valence-corrected chi connectivity index (χ4v) is 3.66. The third-order valence-electron chi connectivity index (χ3n) is 2.98. The minimum Gasteiger partial charge on any atom is -0.481 e. The van der Waals surface area contributed by atoms with Crippen LogP contribution in [0.1, 0.15) is 37.0 Å². The van der Waals surface area contributed by atoms with Crippen molar-refractivity contribution in [2.75, 3.05) is 7.11 Å². The van der Waals surface area contributed by atoms with Crippen LogP contribution >= 0.6 is 11.6 Å².